The zero-order chi connectivity index (χ0) is 8.53. The average molecular weight is 174 g/mol. The van der Waals surface area contributed by atoms with Crippen molar-refractivity contribution in [3.05, 3.63) is 0 Å². The summed E-state index contributed by atoms with van der Waals surface area (Å²) in [7, 11) is 0. The molecule has 11 heavy (non-hydrogen) atoms. The van der Waals surface area contributed by atoms with Crippen molar-refractivity contribution in [1.29, 1.82) is 0 Å². The molecule has 0 aromatic rings. The minimum absolute atomic E-state index is 0.944. The number of nitrogens with one attached hydrogen (secondary N) is 2. The lowest BCUT2D eigenvalue weighted by molar-refractivity contribution is 0.684. The summed E-state index contributed by atoms with van der Waals surface area (Å²) in [6, 6.07) is 0. The largest absolute Gasteiger partial charge is 0.380 e. The molecule has 2 nitrogen and oxygen atoms in total. The van der Waals surface area contributed by atoms with Crippen molar-refractivity contribution in [1.82, 2.24) is 10.6 Å². The lowest BCUT2D eigenvalue weighted by Gasteiger charge is -2.04. The molecule has 0 aliphatic heterocycles. The first kappa shape index (κ1) is 10.8. The second-order valence-corrected chi connectivity index (χ2v) is 2.90. The summed E-state index contributed by atoms with van der Waals surface area (Å²) in [5.74, 6) is 0. The van der Waals surface area contributed by atoms with Crippen molar-refractivity contribution in [2.24, 2.45) is 0 Å². The van der Waals surface area contributed by atoms with Gasteiger partial charge in [0.05, 0.1) is 4.99 Å². The molecule has 0 spiro atoms. The molecule has 0 unspecified atom stereocenters. The molecule has 0 radical (unpaired) electrons. The molecule has 0 bridgehead atoms. The number of thiocarbonyl (C=S) groups is 1. The van der Waals surface area contributed by atoms with E-state index in [4.69, 9.17) is 12.2 Å². The third kappa shape index (κ3) is 7.75. The predicted octanol–water partition coefficient (Wildman–Crippen LogP) is 1.31. The summed E-state index contributed by atoms with van der Waals surface area (Å²) >= 11 is 5.06. The monoisotopic (exact) mass is 174 g/mol. The van der Waals surface area contributed by atoms with Crippen molar-refractivity contribution in [3.63, 3.8) is 0 Å². The second kappa shape index (κ2) is 7.95. The first-order valence-corrected chi connectivity index (χ1v) is 4.69. The van der Waals surface area contributed by atoms with Gasteiger partial charge in [-0.1, -0.05) is 19.1 Å². The van der Waals surface area contributed by atoms with Gasteiger partial charge >= 0.3 is 0 Å². The smallest absolute Gasteiger partial charge is 0.0753 e. The normalized spacial score (nSPS) is 9.64. The Morgan fingerprint density at radius 2 is 2.00 bits per heavy atom. The molecule has 0 amide bonds. The molecule has 0 saturated heterocycles. The van der Waals surface area contributed by atoms with Gasteiger partial charge in [0.25, 0.3) is 0 Å². The highest BCUT2D eigenvalue weighted by molar-refractivity contribution is 7.80. The molecule has 0 aliphatic carbocycles. The van der Waals surface area contributed by atoms with E-state index in [-0.39, 0.29) is 0 Å². The van der Waals surface area contributed by atoms with Crippen LogP contribution in [0.4, 0.5) is 0 Å². The fourth-order valence-corrected chi connectivity index (χ4v) is 1.12. The Morgan fingerprint density at radius 3 is 2.55 bits per heavy atom. The quantitative estimate of drug-likeness (QED) is 0.469. The molecule has 0 rings (SSSR count). The van der Waals surface area contributed by atoms with Gasteiger partial charge in [0.15, 0.2) is 0 Å². The molecule has 0 aliphatic rings. The molecular formula is C8H18N2S. The van der Waals surface area contributed by atoms with Gasteiger partial charge < -0.3 is 10.6 Å². The molecule has 66 valence electrons. The summed E-state index contributed by atoms with van der Waals surface area (Å²) in [5.41, 5.74) is 0. The summed E-state index contributed by atoms with van der Waals surface area (Å²) in [4.78, 5) is 0.991. The Morgan fingerprint density at radius 1 is 1.27 bits per heavy atom. The molecular weight excluding hydrogens is 156 g/mol. The molecule has 0 fully saturated rings. The van der Waals surface area contributed by atoms with E-state index >= 15 is 0 Å². The first-order chi connectivity index (χ1) is 5.31. The Bertz CT molecular complexity index is 104. The fraction of sp³-hybridized carbons (Fsp3) is 0.875. The van der Waals surface area contributed by atoms with E-state index in [0.29, 0.717) is 0 Å². The molecule has 0 aromatic heterocycles. The summed E-state index contributed by atoms with van der Waals surface area (Å²) < 4.78 is 0. The van der Waals surface area contributed by atoms with Crippen LogP contribution in [0.15, 0.2) is 0 Å². The number of rotatable bonds is 6. The van der Waals surface area contributed by atoms with E-state index < -0.39 is 0 Å². The van der Waals surface area contributed by atoms with Crippen LogP contribution in [0.25, 0.3) is 0 Å². The van der Waals surface area contributed by atoms with E-state index in [2.05, 4.69) is 24.5 Å². The number of hydrogen-bond acceptors (Lipinski definition) is 2. The van der Waals surface area contributed by atoms with Crippen molar-refractivity contribution in [2.75, 3.05) is 19.6 Å². The van der Waals surface area contributed by atoms with Crippen LogP contribution >= 0.6 is 12.2 Å². The minimum atomic E-state index is 0.944. The van der Waals surface area contributed by atoms with Gasteiger partial charge in [-0.05, 0) is 32.9 Å². The molecule has 0 heterocycles. The van der Waals surface area contributed by atoms with E-state index in [1.807, 2.05) is 0 Å². The van der Waals surface area contributed by atoms with E-state index in [9.17, 15) is 0 Å². The standard InChI is InChI=1S/C8H18N2S/c1-3-9-7-5-6-8(11)10-4-2/h9H,3-7H2,1-2H3,(H,10,11). The van der Waals surface area contributed by atoms with Crippen molar-refractivity contribution >= 4 is 17.2 Å². The lowest BCUT2D eigenvalue weighted by Crippen LogP contribution is -2.22. The van der Waals surface area contributed by atoms with Gasteiger partial charge in [-0.15, -0.1) is 0 Å². The molecule has 0 aromatic carbocycles. The van der Waals surface area contributed by atoms with Crippen molar-refractivity contribution < 1.29 is 0 Å². The van der Waals surface area contributed by atoms with Gasteiger partial charge in [-0.25, -0.2) is 0 Å². The van der Waals surface area contributed by atoms with Crippen LogP contribution in [0.1, 0.15) is 26.7 Å². The highest BCUT2D eigenvalue weighted by atomic mass is 32.1. The third-order valence-corrected chi connectivity index (χ3v) is 1.73. The maximum absolute atomic E-state index is 5.06. The van der Waals surface area contributed by atoms with Crippen LogP contribution in [-0.4, -0.2) is 24.6 Å². The Labute approximate surface area is 74.8 Å². The first-order valence-electron chi connectivity index (χ1n) is 4.28. The van der Waals surface area contributed by atoms with Crippen molar-refractivity contribution in [3.8, 4) is 0 Å². The topological polar surface area (TPSA) is 24.1 Å². The maximum atomic E-state index is 5.06. The van der Waals surface area contributed by atoms with Gasteiger partial charge in [0.1, 0.15) is 0 Å². The summed E-state index contributed by atoms with van der Waals surface area (Å²) in [6.45, 7) is 7.25. The Hall–Kier alpha value is -0.150. The second-order valence-electron chi connectivity index (χ2n) is 2.41. The van der Waals surface area contributed by atoms with Crippen LogP contribution in [0.5, 0.6) is 0 Å². The van der Waals surface area contributed by atoms with Crippen LogP contribution in [-0.2, 0) is 0 Å². The zero-order valence-electron chi connectivity index (χ0n) is 7.44. The average Bonchev–Trinajstić information content (AvgIpc) is 1.99. The van der Waals surface area contributed by atoms with Gasteiger partial charge in [-0.2, -0.15) is 0 Å². The van der Waals surface area contributed by atoms with E-state index in [1.54, 1.807) is 0 Å². The van der Waals surface area contributed by atoms with Crippen molar-refractivity contribution in [2.45, 2.75) is 26.7 Å². The van der Waals surface area contributed by atoms with Gasteiger partial charge in [0.2, 0.25) is 0 Å². The number of hydrogen-bond donors (Lipinski definition) is 2. The van der Waals surface area contributed by atoms with Crippen LogP contribution in [0.3, 0.4) is 0 Å². The van der Waals surface area contributed by atoms with Crippen LogP contribution in [0, 0.1) is 0 Å². The fourth-order valence-electron chi connectivity index (χ4n) is 0.836. The molecule has 0 saturated carbocycles. The van der Waals surface area contributed by atoms with E-state index in [1.165, 1.54) is 0 Å². The highest BCUT2D eigenvalue weighted by Crippen LogP contribution is 1.88. The Balaban J connectivity index is 3.04. The highest BCUT2D eigenvalue weighted by Gasteiger charge is 1.92. The maximum Gasteiger partial charge on any atom is 0.0753 e. The van der Waals surface area contributed by atoms with Gasteiger partial charge in [0, 0.05) is 6.54 Å². The van der Waals surface area contributed by atoms with Gasteiger partial charge in [-0.3, -0.25) is 0 Å². The third-order valence-electron chi connectivity index (χ3n) is 1.38. The SMILES string of the molecule is CCNCCCC(=S)NCC. The Kier molecular flexibility index (Phi) is 7.84. The van der Waals surface area contributed by atoms with E-state index in [0.717, 1.165) is 37.5 Å². The minimum Gasteiger partial charge on any atom is -0.380 e. The summed E-state index contributed by atoms with van der Waals surface area (Å²) in [6.07, 6.45) is 2.15. The van der Waals surface area contributed by atoms with Crippen LogP contribution < -0.4 is 10.6 Å². The van der Waals surface area contributed by atoms with Crippen LogP contribution in [0.2, 0.25) is 0 Å². The predicted molar refractivity (Wildman–Crippen MR) is 54.1 cm³/mol. The molecule has 0 atom stereocenters. The molecule has 2 N–H and O–H groups in total. The molecule has 3 heteroatoms. The zero-order valence-corrected chi connectivity index (χ0v) is 8.26. The summed E-state index contributed by atoms with van der Waals surface area (Å²) in [5, 5.41) is 6.38. The lowest BCUT2D eigenvalue weighted by atomic mass is 10.3.